The van der Waals surface area contributed by atoms with E-state index in [1.165, 1.54) is 12.1 Å². The molecule has 4 aliphatic rings. The summed E-state index contributed by atoms with van der Waals surface area (Å²) < 4.78 is 45.9. The first-order chi connectivity index (χ1) is 13.7. The lowest BCUT2D eigenvalue weighted by Crippen LogP contribution is -2.58. The number of hydrogen-bond acceptors (Lipinski definition) is 4. The van der Waals surface area contributed by atoms with Crippen LogP contribution in [0, 0.1) is 11.8 Å². The Labute approximate surface area is 165 Å². The van der Waals surface area contributed by atoms with Crippen molar-refractivity contribution in [1.29, 1.82) is 0 Å². The van der Waals surface area contributed by atoms with Crippen molar-refractivity contribution in [3.8, 4) is 5.75 Å². The van der Waals surface area contributed by atoms with E-state index < -0.39 is 12.5 Å². The number of fused-ring (bicyclic) bond motifs is 1. The quantitative estimate of drug-likeness (QED) is 0.832. The van der Waals surface area contributed by atoms with Crippen molar-refractivity contribution in [2.45, 2.75) is 43.0 Å². The predicted octanol–water partition coefficient (Wildman–Crippen LogP) is 2.96. The Morgan fingerprint density at radius 2 is 1.93 bits per heavy atom. The standard InChI is InChI=1S/C20H21F3N2O4/c21-20(22,23)29-15-3-1-13(2-4-15)19-5-6-25(10-14(19)9-19)16(26)12-7-18(8-12)11-28-17(27)24-18/h1-4,12,14H,5-11H2,(H,24,27)/t12?,14-,18?,19-/m0/s1. The normalized spacial score (nSPS) is 35.4. The molecule has 9 heteroatoms. The summed E-state index contributed by atoms with van der Waals surface area (Å²) in [5.41, 5.74) is 0.607. The Morgan fingerprint density at radius 3 is 2.52 bits per heavy atom. The monoisotopic (exact) mass is 410 g/mol. The van der Waals surface area contributed by atoms with Crippen LogP contribution in [0.3, 0.4) is 0 Å². The first kappa shape index (κ1) is 18.6. The summed E-state index contributed by atoms with van der Waals surface area (Å²) in [7, 11) is 0. The molecule has 1 N–H and O–H groups in total. The average Bonchev–Trinajstić information content (AvgIpc) is 3.24. The Bertz CT molecular complexity index is 850. The maximum absolute atomic E-state index is 12.8. The third-order valence-corrected chi connectivity index (χ3v) is 6.95. The summed E-state index contributed by atoms with van der Waals surface area (Å²) in [6.45, 7) is 1.64. The van der Waals surface area contributed by atoms with Crippen molar-refractivity contribution >= 4 is 12.0 Å². The van der Waals surface area contributed by atoms with Gasteiger partial charge in [0.05, 0.1) is 5.54 Å². The fourth-order valence-electron chi connectivity index (χ4n) is 5.33. The van der Waals surface area contributed by atoms with Crippen LogP contribution in [0.15, 0.2) is 24.3 Å². The third kappa shape index (κ3) is 3.20. The zero-order valence-electron chi connectivity index (χ0n) is 15.6. The van der Waals surface area contributed by atoms with Gasteiger partial charge in [-0.05, 0) is 49.3 Å². The number of amides is 2. The number of carbonyl (C=O) groups excluding carboxylic acids is 2. The lowest BCUT2D eigenvalue weighted by atomic mass is 9.68. The maximum atomic E-state index is 12.8. The SMILES string of the molecule is O=C1NC2(CO1)CC(C(=O)N1CC[C@@]3(c4ccc(OC(F)(F)F)cc4)C[C@H]3C1)C2. The highest BCUT2D eigenvalue weighted by Crippen LogP contribution is 2.59. The van der Waals surface area contributed by atoms with E-state index >= 15 is 0 Å². The zero-order chi connectivity index (χ0) is 20.4. The summed E-state index contributed by atoms with van der Waals surface area (Å²) in [6.07, 6.45) is -2.13. The van der Waals surface area contributed by atoms with Crippen LogP contribution < -0.4 is 10.1 Å². The average molecular weight is 410 g/mol. The molecule has 29 heavy (non-hydrogen) atoms. The number of alkyl halides is 3. The van der Waals surface area contributed by atoms with E-state index in [2.05, 4.69) is 10.1 Å². The van der Waals surface area contributed by atoms with Gasteiger partial charge in [-0.15, -0.1) is 13.2 Å². The van der Waals surface area contributed by atoms with Gasteiger partial charge in [0.15, 0.2) is 0 Å². The van der Waals surface area contributed by atoms with Gasteiger partial charge in [0.1, 0.15) is 12.4 Å². The van der Waals surface area contributed by atoms with E-state index in [4.69, 9.17) is 4.74 Å². The van der Waals surface area contributed by atoms with E-state index in [0.29, 0.717) is 38.5 Å². The molecule has 5 rings (SSSR count). The summed E-state index contributed by atoms with van der Waals surface area (Å²) in [4.78, 5) is 26.0. The zero-order valence-corrected chi connectivity index (χ0v) is 15.6. The van der Waals surface area contributed by atoms with E-state index in [-0.39, 0.29) is 28.5 Å². The number of likely N-dealkylation sites (tertiary alicyclic amines) is 1. The van der Waals surface area contributed by atoms with Crippen LogP contribution in [0.2, 0.25) is 0 Å². The van der Waals surface area contributed by atoms with E-state index in [0.717, 1.165) is 18.4 Å². The molecule has 6 nitrogen and oxygen atoms in total. The van der Waals surface area contributed by atoms with Gasteiger partial charge in [0.2, 0.25) is 5.91 Å². The van der Waals surface area contributed by atoms with Crippen molar-refractivity contribution in [3.63, 3.8) is 0 Å². The van der Waals surface area contributed by atoms with Crippen molar-refractivity contribution in [1.82, 2.24) is 10.2 Å². The van der Waals surface area contributed by atoms with Crippen LogP contribution in [0.4, 0.5) is 18.0 Å². The Hall–Kier alpha value is -2.45. The van der Waals surface area contributed by atoms with Crippen molar-refractivity contribution in [2.75, 3.05) is 19.7 Å². The fraction of sp³-hybridized carbons (Fsp3) is 0.600. The molecule has 2 atom stereocenters. The lowest BCUT2D eigenvalue weighted by molar-refractivity contribution is -0.274. The van der Waals surface area contributed by atoms with Crippen LogP contribution in [0.5, 0.6) is 5.75 Å². The Kier molecular flexibility index (Phi) is 3.86. The molecule has 1 spiro atoms. The number of nitrogens with zero attached hydrogens (tertiary/aromatic N) is 1. The predicted molar refractivity (Wildman–Crippen MR) is 94.0 cm³/mol. The summed E-state index contributed by atoms with van der Waals surface area (Å²) in [6, 6.07) is 6.13. The van der Waals surface area contributed by atoms with E-state index in [1.807, 2.05) is 4.90 Å². The molecule has 2 aliphatic heterocycles. The van der Waals surface area contributed by atoms with Gasteiger partial charge in [-0.3, -0.25) is 4.79 Å². The molecule has 156 valence electrons. The summed E-state index contributed by atoms with van der Waals surface area (Å²) in [5, 5.41) is 2.81. The van der Waals surface area contributed by atoms with Gasteiger partial charge >= 0.3 is 12.5 Å². The van der Waals surface area contributed by atoms with E-state index in [1.54, 1.807) is 12.1 Å². The molecular formula is C20H21F3N2O4. The van der Waals surface area contributed by atoms with E-state index in [9.17, 15) is 22.8 Å². The van der Waals surface area contributed by atoms with Crippen molar-refractivity contribution in [3.05, 3.63) is 29.8 Å². The van der Waals surface area contributed by atoms with Crippen LogP contribution >= 0.6 is 0 Å². The molecule has 1 aromatic carbocycles. The van der Waals surface area contributed by atoms with Crippen LogP contribution in [-0.2, 0) is 14.9 Å². The topological polar surface area (TPSA) is 67.9 Å². The highest BCUT2D eigenvalue weighted by atomic mass is 19.4. The molecule has 2 heterocycles. The molecular weight excluding hydrogens is 389 g/mol. The van der Waals surface area contributed by atoms with Gasteiger partial charge in [0, 0.05) is 24.4 Å². The number of nitrogens with one attached hydrogen (secondary N) is 1. The van der Waals surface area contributed by atoms with Crippen molar-refractivity contribution in [2.24, 2.45) is 11.8 Å². The van der Waals surface area contributed by atoms with Gasteiger partial charge < -0.3 is 19.7 Å². The second-order valence-electron chi connectivity index (χ2n) is 8.75. The number of alkyl carbamates (subject to hydrolysis) is 1. The number of rotatable bonds is 3. The molecule has 1 aromatic rings. The van der Waals surface area contributed by atoms with Gasteiger partial charge in [-0.25, -0.2) is 4.79 Å². The summed E-state index contributed by atoms with van der Waals surface area (Å²) >= 11 is 0. The third-order valence-electron chi connectivity index (χ3n) is 6.95. The maximum Gasteiger partial charge on any atom is 0.573 e. The number of piperidine rings is 1. The van der Waals surface area contributed by atoms with Crippen LogP contribution in [0.1, 0.15) is 31.2 Å². The Balaban J connectivity index is 1.18. The molecule has 0 radical (unpaired) electrons. The molecule has 2 saturated carbocycles. The van der Waals surface area contributed by atoms with Gasteiger partial charge in [-0.1, -0.05) is 12.1 Å². The number of hydrogen-bond donors (Lipinski definition) is 1. The number of cyclic esters (lactones) is 1. The first-order valence-electron chi connectivity index (χ1n) is 9.78. The molecule has 0 bridgehead atoms. The van der Waals surface area contributed by atoms with Crippen LogP contribution in [0.25, 0.3) is 0 Å². The van der Waals surface area contributed by atoms with Crippen LogP contribution in [-0.4, -0.2) is 48.5 Å². The molecule has 2 aliphatic carbocycles. The Morgan fingerprint density at radius 1 is 1.21 bits per heavy atom. The molecule has 0 unspecified atom stereocenters. The molecule has 2 amide bonds. The molecule has 0 aromatic heterocycles. The number of ether oxygens (including phenoxy) is 2. The second-order valence-corrected chi connectivity index (χ2v) is 8.75. The molecule has 2 saturated heterocycles. The minimum absolute atomic E-state index is 0.0400. The van der Waals surface area contributed by atoms with Gasteiger partial charge in [0.25, 0.3) is 0 Å². The van der Waals surface area contributed by atoms with Crippen molar-refractivity contribution < 1.29 is 32.2 Å². The second kappa shape index (κ2) is 6.03. The fourth-order valence-corrected chi connectivity index (χ4v) is 5.33. The largest absolute Gasteiger partial charge is 0.573 e. The number of halogens is 3. The summed E-state index contributed by atoms with van der Waals surface area (Å²) in [5.74, 6) is 0.163. The minimum Gasteiger partial charge on any atom is -0.447 e. The molecule has 4 fully saturated rings. The number of benzene rings is 1. The first-order valence-corrected chi connectivity index (χ1v) is 9.78. The highest BCUT2D eigenvalue weighted by Gasteiger charge is 2.59. The highest BCUT2D eigenvalue weighted by molar-refractivity contribution is 5.82. The smallest absolute Gasteiger partial charge is 0.447 e. The number of carbonyl (C=O) groups is 2. The van der Waals surface area contributed by atoms with Gasteiger partial charge in [-0.2, -0.15) is 0 Å². The minimum atomic E-state index is -4.69. The lowest BCUT2D eigenvalue weighted by Gasteiger charge is -2.44.